The van der Waals surface area contributed by atoms with Crippen LogP contribution in [0, 0.1) is 11.8 Å². The van der Waals surface area contributed by atoms with E-state index in [4.69, 9.17) is 0 Å². The molecular weight excluding hydrogens is 192 g/mol. The van der Waals surface area contributed by atoms with Gasteiger partial charge in [-0.25, -0.2) is 0 Å². The number of hydrogen-bond acceptors (Lipinski definition) is 3. The van der Waals surface area contributed by atoms with Crippen LogP contribution in [0.3, 0.4) is 0 Å². The van der Waals surface area contributed by atoms with E-state index in [-0.39, 0.29) is 5.92 Å². The van der Waals surface area contributed by atoms with E-state index < -0.39 is 12.2 Å². The summed E-state index contributed by atoms with van der Waals surface area (Å²) < 4.78 is 0. The topological polar surface area (TPSA) is 57.5 Å². The van der Waals surface area contributed by atoms with Gasteiger partial charge in [-0.1, -0.05) is 13.8 Å². The molecule has 0 aromatic rings. The highest BCUT2D eigenvalue weighted by Gasteiger charge is 2.27. The summed E-state index contributed by atoms with van der Waals surface area (Å²) in [5.41, 5.74) is 0. The molecule has 3 heteroatoms. The van der Waals surface area contributed by atoms with E-state index >= 15 is 0 Å². The summed E-state index contributed by atoms with van der Waals surface area (Å²) in [6.07, 6.45) is 2.59. The lowest BCUT2D eigenvalue weighted by molar-refractivity contribution is -0.122. The smallest absolute Gasteiger partial charge is 0.135 e. The Morgan fingerprint density at radius 1 is 1.27 bits per heavy atom. The van der Waals surface area contributed by atoms with Crippen molar-refractivity contribution in [3.63, 3.8) is 0 Å². The first-order valence-electron chi connectivity index (χ1n) is 5.89. The SMILES string of the molecule is CC(C)C(=O)CCC1CCC(O)C(O)C1. The van der Waals surface area contributed by atoms with Crippen molar-refractivity contribution in [2.45, 2.75) is 58.2 Å². The van der Waals surface area contributed by atoms with Crippen LogP contribution in [0.5, 0.6) is 0 Å². The molecule has 3 nitrogen and oxygen atoms in total. The van der Waals surface area contributed by atoms with Crippen LogP contribution in [0.2, 0.25) is 0 Å². The molecule has 15 heavy (non-hydrogen) atoms. The zero-order valence-electron chi connectivity index (χ0n) is 9.65. The van der Waals surface area contributed by atoms with Gasteiger partial charge < -0.3 is 10.2 Å². The molecule has 1 aliphatic carbocycles. The number of rotatable bonds is 4. The Morgan fingerprint density at radius 2 is 1.93 bits per heavy atom. The van der Waals surface area contributed by atoms with Crippen LogP contribution in [-0.2, 0) is 4.79 Å². The highest BCUT2D eigenvalue weighted by molar-refractivity contribution is 5.80. The van der Waals surface area contributed by atoms with Crippen molar-refractivity contribution in [3.8, 4) is 0 Å². The Bertz CT molecular complexity index is 213. The lowest BCUT2D eigenvalue weighted by atomic mass is 9.82. The van der Waals surface area contributed by atoms with Crippen molar-refractivity contribution in [1.29, 1.82) is 0 Å². The Morgan fingerprint density at radius 3 is 2.47 bits per heavy atom. The van der Waals surface area contributed by atoms with Crippen molar-refractivity contribution < 1.29 is 15.0 Å². The number of aliphatic hydroxyl groups excluding tert-OH is 2. The van der Waals surface area contributed by atoms with E-state index in [1.54, 1.807) is 0 Å². The summed E-state index contributed by atoms with van der Waals surface area (Å²) in [6.45, 7) is 3.84. The van der Waals surface area contributed by atoms with E-state index in [9.17, 15) is 15.0 Å². The van der Waals surface area contributed by atoms with Crippen molar-refractivity contribution in [2.24, 2.45) is 11.8 Å². The van der Waals surface area contributed by atoms with Crippen molar-refractivity contribution in [3.05, 3.63) is 0 Å². The van der Waals surface area contributed by atoms with Crippen LogP contribution in [0.15, 0.2) is 0 Å². The van der Waals surface area contributed by atoms with Crippen LogP contribution in [0.1, 0.15) is 46.0 Å². The van der Waals surface area contributed by atoms with Crippen molar-refractivity contribution in [1.82, 2.24) is 0 Å². The third-order valence-corrected chi connectivity index (χ3v) is 3.33. The molecule has 2 N–H and O–H groups in total. The second-order valence-corrected chi connectivity index (χ2v) is 4.97. The predicted molar refractivity (Wildman–Crippen MR) is 58.4 cm³/mol. The average molecular weight is 214 g/mol. The molecule has 3 atom stereocenters. The lowest BCUT2D eigenvalue weighted by Crippen LogP contribution is -2.33. The molecule has 88 valence electrons. The maximum Gasteiger partial charge on any atom is 0.135 e. The van der Waals surface area contributed by atoms with Crippen LogP contribution < -0.4 is 0 Å². The minimum absolute atomic E-state index is 0.115. The summed E-state index contributed by atoms with van der Waals surface area (Å²) in [5.74, 6) is 0.825. The molecule has 0 saturated heterocycles. The number of aliphatic hydroxyl groups is 2. The minimum Gasteiger partial charge on any atom is -0.390 e. The van der Waals surface area contributed by atoms with E-state index in [0.717, 1.165) is 12.8 Å². The molecule has 0 aromatic carbocycles. The van der Waals surface area contributed by atoms with E-state index in [1.807, 2.05) is 13.8 Å². The third kappa shape index (κ3) is 3.92. The fourth-order valence-electron chi connectivity index (χ4n) is 2.11. The number of hydrogen-bond donors (Lipinski definition) is 2. The van der Waals surface area contributed by atoms with E-state index in [2.05, 4.69) is 0 Å². The van der Waals surface area contributed by atoms with Gasteiger partial charge in [-0.15, -0.1) is 0 Å². The van der Waals surface area contributed by atoms with Gasteiger partial charge in [0, 0.05) is 12.3 Å². The van der Waals surface area contributed by atoms with Gasteiger partial charge in [-0.05, 0) is 31.6 Å². The van der Waals surface area contributed by atoms with Gasteiger partial charge in [0.15, 0.2) is 0 Å². The van der Waals surface area contributed by atoms with Gasteiger partial charge in [-0.2, -0.15) is 0 Å². The van der Waals surface area contributed by atoms with Gasteiger partial charge in [0.1, 0.15) is 5.78 Å². The zero-order chi connectivity index (χ0) is 11.4. The maximum atomic E-state index is 11.4. The lowest BCUT2D eigenvalue weighted by Gasteiger charge is -2.29. The van der Waals surface area contributed by atoms with Crippen LogP contribution >= 0.6 is 0 Å². The predicted octanol–water partition coefficient (Wildman–Crippen LogP) is 1.51. The molecule has 0 bridgehead atoms. The molecule has 0 aromatic heterocycles. The minimum atomic E-state index is -0.585. The summed E-state index contributed by atoms with van der Waals surface area (Å²) in [7, 11) is 0. The molecular formula is C12H22O3. The first-order chi connectivity index (χ1) is 7.00. The molecule has 0 heterocycles. The molecule has 0 radical (unpaired) electrons. The Hall–Kier alpha value is -0.410. The second-order valence-electron chi connectivity index (χ2n) is 4.97. The van der Waals surface area contributed by atoms with Gasteiger partial charge in [-0.3, -0.25) is 4.79 Å². The molecule has 1 fully saturated rings. The fourth-order valence-corrected chi connectivity index (χ4v) is 2.11. The standard InChI is InChI=1S/C12H22O3/c1-8(2)10(13)5-3-9-4-6-11(14)12(15)7-9/h8-9,11-12,14-15H,3-7H2,1-2H3. The first-order valence-corrected chi connectivity index (χ1v) is 5.89. The molecule has 0 aliphatic heterocycles. The summed E-state index contributed by atoms with van der Waals surface area (Å²) >= 11 is 0. The molecule has 3 unspecified atom stereocenters. The monoisotopic (exact) mass is 214 g/mol. The number of Topliss-reactive ketones (excluding diaryl/α,β-unsaturated/α-hetero) is 1. The van der Waals surface area contributed by atoms with Crippen LogP contribution in [0.25, 0.3) is 0 Å². The molecule has 0 amide bonds. The van der Waals surface area contributed by atoms with Crippen molar-refractivity contribution >= 4 is 5.78 Å². The summed E-state index contributed by atoms with van der Waals surface area (Å²) in [4.78, 5) is 11.4. The molecule has 1 rings (SSSR count). The van der Waals surface area contributed by atoms with E-state index in [0.29, 0.717) is 31.0 Å². The number of carbonyl (C=O) groups is 1. The summed E-state index contributed by atoms with van der Waals surface area (Å²) in [6, 6.07) is 0. The quantitative estimate of drug-likeness (QED) is 0.746. The highest BCUT2D eigenvalue weighted by Crippen LogP contribution is 2.28. The fraction of sp³-hybridized carbons (Fsp3) is 0.917. The summed E-state index contributed by atoms with van der Waals surface area (Å²) in [5, 5.41) is 18.8. The Kier molecular flexibility index (Phi) is 4.74. The average Bonchev–Trinajstić information content (AvgIpc) is 2.19. The Labute approximate surface area is 91.5 Å². The van der Waals surface area contributed by atoms with Gasteiger partial charge in [0.2, 0.25) is 0 Å². The largest absolute Gasteiger partial charge is 0.390 e. The van der Waals surface area contributed by atoms with Crippen LogP contribution in [-0.4, -0.2) is 28.2 Å². The van der Waals surface area contributed by atoms with Crippen LogP contribution in [0.4, 0.5) is 0 Å². The number of carbonyl (C=O) groups excluding carboxylic acids is 1. The highest BCUT2D eigenvalue weighted by atomic mass is 16.3. The maximum absolute atomic E-state index is 11.4. The number of ketones is 1. The normalized spacial score (nSPS) is 31.9. The Balaban J connectivity index is 2.25. The second kappa shape index (κ2) is 5.61. The van der Waals surface area contributed by atoms with Gasteiger partial charge in [0.05, 0.1) is 12.2 Å². The van der Waals surface area contributed by atoms with Gasteiger partial charge >= 0.3 is 0 Å². The van der Waals surface area contributed by atoms with Crippen molar-refractivity contribution in [2.75, 3.05) is 0 Å². The first kappa shape index (κ1) is 12.7. The zero-order valence-corrected chi connectivity index (χ0v) is 9.65. The van der Waals surface area contributed by atoms with E-state index in [1.165, 1.54) is 0 Å². The van der Waals surface area contributed by atoms with Gasteiger partial charge in [0.25, 0.3) is 0 Å². The molecule has 1 aliphatic rings. The molecule has 1 saturated carbocycles. The third-order valence-electron chi connectivity index (χ3n) is 3.33. The molecule has 0 spiro atoms.